The SMILES string of the molecule is O=C(N/C=C/c1ccccc1Br)NCCc1ccc(Br)cc1. The standard InChI is InChI=1S/C17H16Br2N2O/c18-15-7-5-13(6-8-15)9-11-20-17(22)21-12-10-14-3-1-2-4-16(14)19/h1-8,10,12H,9,11H2,(H2,20,21,22)/b12-10+. The highest BCUT2D eigenvalue weighted by Crippen LogP contribution is 2.16. The summed E-state index contributed by atoms with van der Waals surface area (Å²) in [6.07, 6.45) is 4.28. The summed E-state index contributed by atoms with van der Waals surface area (Å²) in [4.78, 5) is 11.7. The largest absolute Gasteiger partial charge is 0.338 e. The Bertz CT molecular complexity index is 654. The zero-order valence-corrected chi connectivity index (χ0v) is 15.0. The molecule has 114 valence electrons. The number of carbonyl (C=O) groups excluding carboxylic acids is 1. The maximum absolute atomic E-state index is 11.7. The molecule has 3 nitrogen and oxygen atoms in total. The van der Waals surface area contributed by atoms with E-state index in [1.54, 1.807) is 6.20 Å². The van der Waals surface area contributed by atoms with E-state index < -0.39 is 0 Å². The first kappa shape index (κ1) is 16.8. The molecule has 2 aromatic carbocycles. The van der Waals surface area contributed by atoms with Crippen molar-refractivity contribution in [3.63, 3.8) is 0 Å². The van der Waals surface area contributed by atoms with Gasteiger partial charge < -0.3 is 10.6 Å². The molecule has 0 aromatic heterocycles. The molecule has 2 N–H and O–H groups in total. The molecular weight excluding hydrogens is 408 g/mol. The average Bonchev–Trinajstić information content (AvgIpc) is 2.51. The maximum atomic E-state index is 11.7. The molecule has 0 aliphatic heterocycles. The Morgan fingerprint density at radius 1 is 1.05 bits per heavy atom. The average molecular weight is 424 g/mol. The molecule has 0 atom stereocenters. The van der Waals surface area contributed by atoms with Crippen molar-refractivity contribution < 1.29 is 4.79 Å². The smallest absolute Gasteiger partial charge is 0.318 e. The minimum atomic E-state index is -0.208. The van der Waals surface area contributed by atoms with Gasteiger partial charge in [0.1, 0.15) is 0 Å². The number of halogens is 2. The van der Waals surface area contributed by atoms with E-state index in [2.05, 4.69) is 42.5 Å². The van der Waals surface area contributed by atoms with Gasteiger partial charge in [-0.05, 0) is 41.8 Å². The van der Waals surface area contributed by atoms with Crippen molar-refractivity contribution in [2.24, 2.45) is 0 Å². The number of benzene rings is 2. The van der Waals surface area contributed by atoms with E-state index in [0.29, 0.717) is 6.54 Å². The van der Waals surface area contributed by atoms with E-state index in [0.717, 1.165) is 20.9 Å². The van der Waals surface area contributed by atoms with E-state index in [-0.39, 0.29) is 6.03 Å². The van der Waals surface area contributed by atoms with Gasteiger partial charge in [0, 0.05) is 21.7 Å². The number of hydrogen-bond donors (Lipinski definition) is 2. The monoisotopic (exact) mass is 422 g/mol. The van der Waals surface area contributed by atoms with E-state index in [4.69, 9.17) is 0 Å². The highest BCUT2D eigenvalue weighted by Gasteiger charge is 1.98. The molecule has 0 aliphatic carbocycles. The summed E-state index contributed by atoms with van der Waals surface area (Å²) in [6.45, 7) is 0.594. The summed E-state index contributed by atoms with van der Waals surface area (Å²) < 4.78 is 2.04. The van der Waals surface area contributed by atoms with Crippen LogP contribution in [-0.4, -0.2) is 12.6 Å². The van der Waals surface area contributed by atoms with E-state index in [9.17, 15) is 4.79 Å². The van der Waals surface area contributed by atoms with Crippen LogP contribution in [0.4, 0.5) is 4.79 Å². The summed E-state index contributed by atoms with van der Waals surface area (Å²) in [5.74, 6) is 0. The maximum Gasteiger partial charge on any atom is 0.318 e. The number of nitrogens with one attached hydrogen (secondary N) is 2. The molecule has 0 bridgehead atoms. The summed E-state index contributed by atoms with van der Waals surface area (Å²) in [6, 6.07) is 15.7. The van der Waals surface area contributed by atoms with Crippen molar-refractivity contribution in [2.75, 3.05) is 6.54 Å². The number of amides is 2. The third-order valence-corrected chi connectivity index (χ3v) is 4.25. The normalized spacial score (nSPS) is 10.6. The van der Waals surface area contributed by atoms with E-state index >= 15 is 0 Å². The van der Waals surface area contributed by atoms with Gasteiger partial charge in [-0.25, -0.2) is 4.79 Å². The molecule has 0 aliphatic rings. The lowest BCUT2D eigenvalue weighted by molar-refractivity contribution is 0.244. The van der Waals surface area contributed by atoms with Gasteiger partial charge in [0.15, 0.2) is 0 Å². The van der Waals surface area contributed by atoms with Crippen molar-refractivity contribution in [3.8, 4) is 0 Å². The van der Waals surface area contributed by atoms with Gasteiger partial charge in [-0.1, -0.05) is 62.2 Å². The summed E-state index contributed by atoms with van der Waals surface area (Å²) >= 11 is 6.85. The van der Waals surface area contributed by atoms with Gasteiger partial charge >= 0.3 is 6.03 Å². The van der Waals surface area contributed by atoms with Crippen molar-refractivity contribution in [1.82, 2.24) is 10.6 Å². The van der Waals surface area contributed by atoms with Crippen LogP contribution in [0.15, 0.2) is 63.7 Å². The Labute approximate surface area is 147 Å². The first-order valence-corrected chi connectivity index (χ1v) is 8.43. The van der Waals surface area contributed by atoms with Crippen LogP contribution >= 0.6 is 31.9 Å². The van der Waals surface area contributed by atoms with E-state index in [1.165, 1.54) is 5.56 Å². The van der Waals surface area contributed by atoms with Gasteiger partial charge in [0.25, 0.3) is 0 Å². The van der Waals surface area contributed by atoms with Crippen molar-refractivity contribution in [2.45, 2.75) is 6.42 Å². The van der Waals surface area contributed by atoms with Crippen LogP contribution in [0.2, 0.25) is 0 Å². The van der Waals surface area contributed by atoms with Gasteiger partial charge in [-0.3, -0.25) is 0 Å². The Morgan fingerprint density at radius 2 is 1.77 bits per heavy atom. The van der Waals surface area contributed by atoms with Gasteiger partial charge in [0.2, 0.25) is 0 Å². The topological polar surface area (TPSA) is 41.1 Å². The van der Waals surface area contributed by atoms with Crippen LogP contribution in [0.1, 0.15) is 11.1 Å². The third-order valence-electron chi connectivity index (χ3n) is 3.00. The number of rotatable bonds is 5. The molecule has 0 spiro atoms. The van der Waals surface area contributed by atoms with Gasteiger partial charge in [0.05, 0.1) is 0 Å². The fourth-order valence-corrected chi connectivity index (χ4v) is 2.52. The predicted octanol–water partition coefficient (Wildman–Crippen LogP) is 4.72. The zero-order valence-electron chi connectivity index (χ0n) is 11.9. The summed E-state index contributed by atoms with van der Waals surface area (Å²) in [7, 11) is 0. The lowest BCUT2D eigenvalue weighted by Crippen LogP contribution is -2.33. The number of urea groups is 1. The zero-order chi connectivity index (χ0) is 15.8. The molecule has 0 saturated carbocycles. The van der Waals surface area contributed by atoms with Crippen LogP contribution < -0.4 is 10.6 Å². The first-order valence-electron chi connectivity index (χ1n) is 6.85. The van der Waals surface area contributed by atoms with Crippen molar-refractivity contribution >= 4 is 44.0 Å². The molecule has 0 fully saturated rings. The minimum Gasteiger partial charge on any atom is -0.338 e. The molecule has 0 radical (unpaired) electrons. The number of carbonyl (C=O) groups is 1. The second-order valence-electron chi connectivity index (χ2n) is 4.63. The Balaban J connectivity index is 1.72. The van der Waals surface area contributed by atoms with Crippen LogP contribution in [-0.2, 0) is 6.42 Å². The molecule has 2 amide bonds. The lowest BCUT2D eigenvalue weighted by atomic mass is 10.1. The molecule has 5 heteroatoms. The molecule has 0 unspecified atom stereocenters. The second kappa shape index (κ2) is 8.76. The molecule has 0 heterocycles. The van der Waals surface area contributed by atoms with Crippen LogP contribution in [0.3, 0.4) is 0 Å². The fourth-order valence-electron chi connectivity index (χ4n) is 1.84. The highest BCUT2D eigenvalue weighted by molar-refractivity contribution is 9.10. The molecule has 2 aromatic rings. The molecular formula is C17H16Br2N2O. The van der Waals surface area contributed by atoms with Crippen LogP contribution in [0.5, 0.6) is 0 Å². The Hall–Kier alpha value is -1.59. The number of hydrogen-bond acceptors (Lipinski definition) is 1. The van der Waals surface area contributed by atoms with Gasteiger partial charge in [-0.15, -0.1) is 0 Å². The van der Waals surface area contributed by atoms with Crippen LogP contribution in [0.25, 0.3) is 6.08 Å². The second-order valence-corrected chi connectivity index (χ2v) is 6.40. The van der Waals surface area contributed by atoms with E-state index in [1.807, 2.05) is 54.6 Å². The highest BCUT2D eigenvalue weighted by atomic mass is 79.9. The molecule has 0 saturated heterocycles. The van der Waals surface area contributed by atoms with Crippen molar-refractivity contribution in [3.05, 3.63) is 74.8 Å². The molecule has 2 rings (SSSR count). The van der Waals surface area contributed by atoms with Crippen LogP contribution in [0, 0.1) is 0 Å². The first-order chi connectivity index (χ1) is 10.6. The minimum absolute atomic E-state index is 0.208. The summed E-state index contributed by atoms with van der Waals surface area (Å²) in [5.41, 5.74) is 2.20. The quantitative estimate of drug-likeness (QED) is 0.717. The van der Waals surface area contributed by atoms with Crippen molar-refractivity contribution in [1.29, 1.82) is 0 Å². The molecule has 22 heavy (non-hydrogen) atoms. The fraction of sp³-hybridized carbons (Fsp3) is 0.118. The predicted molar refractivity (Wildman–Crippen MR) is 97.6 cm³/mol. The van der Waals surface area contributed by atoms with Gasteiger partial charge in [-0.2, -0.15) is 0 Å². The third kappa shape index (κ3) is 5.66. The Kier molecular flexibility index (Phi) is 6.68. The Morgan fingerprint density at radius 3 is 2.50 bits per heavy atom. The summed E-state index contributed by atoms with van der Waals surface area (Å²) in [5, 5.41) is 5.52. The lowest BCUT2D eigenvalue weighted by Gasteiger charge is -2.05.